The molecule has 3 N–H and O–H groups in total. The van der Waals surface area contributed by atoms with Crippen LogP contribution >= 0.6 is 0 Å². The minimum atomic E-state index is -0.498. The largest absolute Gasteiger partial charge is 0.368 e. The van der Waals surface area contributed by atoms with Gasteiger partial charge in [-0.1, -0.05) is 13.0 Å². The predicted octanol–water partition coefficient (Wildman–Crippen LogP) is 1.61. The Balaban J connectivity index is 1.42. The number of nitrogens with one attached hydrogen (secondary N) is 1. The Morgan fingerprint density at radius 3 is 2.63 bits per heavy atom. The SMILES string of the molecule is CCc1nc2ccc(CN3CCN(c4cnc(C(N)=O)c(C)c4)CC3)cc2[nH]c1=O. The van der Waals surface area contributed by atoms with Crippen LogP contribution in [0.25, 0.3) is 11.0 Å². The van der Waals surface area contributed by atoms with Gasteiger partial charge in [-0.25, -0.2) is 9.97 Å². The van der Waals surface area contributed by atoms with Crippen molar-refractivity contribution in [3.05, 3.63) is 63.3 Å². The number of hydrogen-bond acceptors (Lipinski definition) is 6. The monoisotopic (exact) mass is 406 g/mol. The Morgan fingerprint density at radius 1 is 1.20 bits per heavy atom. The molecule has 4 rings (SSSR count). The molecule has 1 aliphatic heterocycles. The number of rotatable bonds is 5. The molecule has 0 radical (unpaired) electrons. The van der Waals surface area contributed by atoms with Gasteiger partial charge in [0.25, 0.3) is 11.5 Å². The van der Waals surface area contributed by atoms with Crippen LogP contribution in [0.4, 0.5) is 5.69 Å². The lowest BCUT2D eigenvalue weighted by atomic mass is 10.1. The third kappa shape index (κ3) is 4.04. The molecule has 1 saturated heterocycles. The quantitative estimate of drug-likeness (QED) is 0.666. The number of piperazine rings is 1. The zero-order valence-corrected chi connectivity index (χ0v) is 17.3. The van der Waals surface area contributed by atoms with Crippen molar-refractivity contribution in [2.75, 3.05) is 31.1 Å². The summed E-state index contributed by atoms with van der Waals surface area (Å²) in [4.78, 5) is 39.7. The molecule has 30 heavy (non-hydrogen) atoms. The third-order valence-electron chi connectivity index (χ3n) is 5.60. The first-order valence-corrected chi connectivity index (χ1v) is 10.2. The van der Waals surface area contributed by atoms with Gasteiger partial charge in [-0.15, -0.1) is 0 Å². The summed E-state index contributed by atoms with van der Waals surface area (Å²) in [6, 6.07) is 8.05. The molecule has 0 aliphatic carbocycles. The molecule has 8 nitrogen and oxygen atoms in total. The number of carbonyl (C=O) groups excluding carboxylic acids is 1. The Hall–Kier alpha value is -3.26. The number of amides is 1. The molecule has 1 amide bonds. The molecule has 0 atom stereocenters. The highest BCUT2D eigenvalue weighted by Crippen LogP contribution is 2.20. The van der Waals surface area contributed by atoms with E-state index in [1.54, 1.807) is 6.20 Å². The molecule has 0 bridgehead atoms. The number of aromatic amines is 1. The van der Waals surface area contributed by atoms with Gasteiger partial charge in [0.05, 0.1) is 22.9 Å². The van der Waals surface area contributed by atoms with Gasteiger partial charge in [-0.05, 0) is 42.7 Å². The molecule has 0 saturated carbocycles. The molecule has 3 aromatic rings. The van der Waals surface area contributed by atoms with Gasteiger partial charge in [0.1, 0.15) is 11.4 Å². The number of hydrogen-bond donors (Lipinski definition) is 2. The van der Waals surface area contributed by atoms with Crippen LogP contribution in [0.5, 0.6) is 0 Å². The van der Waals surface area contributed by atoms with Gasteiger partial charge < -0.3 is 15.6 Å². The molecule has 1 aliphatic rings. The lowest BCUT2D eigenvalue weighted by Gasteiger charge is -2.36. The van der Waals surface area contributed by atoms with Gasteiger partial charge in [0, 0.05) is 32.7 Å². The van der Waals surface area contributed by atoms with E-state index in [4.69, 9.17) is 5.73 Å². The molecular weight excluding hydrogens is 380 g/mol. The summed E-state index contributed by atoms with van der Waals surface area (Å²) in [5.74, 6) is -0.498. The first-order chi connectivity index (χ1) is 14.4. The molecule has 0 unspecified atom stereocenters. The number of aromatic nitrogens is 3. The second-order valence-electron chi connectivity index (χ2n) is 7.70. The van der Waals surface area contributed by atoms with Gasteiger partial charge >= 0.3 is 0 Å². The van der Waals surface area contributed by atoms with Crippen LogP contribution in [-0.4, -0.2) is 51.9 Å². The van der Waals surface area contributed by atoms with E-state index in [2.05, 4.69) is 30.8 Å². The summed E-state index contributed by atoms with van der Waals surface area (Å²) in [6.45, 7) is 8.19. The average molecular weight is 406 g/mol. The first kappa shape index (κ1) is 20.0. The van der Waals surface area contributed by atoms with E-state index in [9.17, 15) is 9.59 Å². The van der Waals surface area contributed by atoms with Gasteiger partial charge in [-0.2, -0.15) is 0 Å². The highest BCUT2D eigenvalue weighted by atomic mass is 16.1. The lowest BCUT2D eigenvalue weighted by molar-refractivity contribution is 0.0995. The van der Waals surface area contributed by atoms with E-state index < -0.39 is 5.91 Å². The number of nitrogens with zero attached hydrogens (tertiary/aromatic N) is 4. The molecule has 3 heterocycles. The summed E-state index contributed by atoms with van der Waals surface area (Å²) >= 11 is 0. The van der Waals surface area contributed by atoms with Crippen molar-refractivity contribution in [3.8, 4) is 0 Å². The number of nitrogens with two attached hydrogens (primary N) is 1. The fraction of sp³-hybridized carbons (Fsp3) is 0.364. The topological polar surface area (TPSA) is 108 Å². The van der Waals surface area contributed by atoms with Crippen LogP contribution in [-0.2, 0) is 13.0 Å². The Kier molecular flexibility index (Phi) is 5.50. The standard InChI is InChI=1S/C22H26N6O2/c1-3-17-22(30)26-19-11-15(4-5-18(19)25-17)13-27-6-8-28(9-7-27)16-10-14(2)20(21(23)29)24-12-16/h4-5,10-12H,3,6-9,13H2,1-2H3,(H2,23,29)(H,26,30). The molecule has 0 spiro atoms. The minimum absolute atomic E-state index is 0.109. The van der Waals surface area contributed by atoms with Crippen LogP contribution in [0.1, 0.15) is 34.2 Å². The summed E-state index contributed by atoms with van der Waals surface area (Å²) < 4.78 is 0. The van der Waals surface area contributed by atoms with Crippen LogP contribution in [0.3, 0.4) is 0 Å². The molecule has 2 aromatic heterocycles. The first-order valence-electron chi connectivity index (χ1n) is 10.2. The zero-order valence-electron chi connectivity index (χ0n) is 17.3. The van der Waals surface area contributed by atoms with Crippen molar-refractivity contribution in [2.24, 2.45) is 5.73 Å². The number of aryl methyl sites for hydroxylation is 2. The molecule has 1 aromatic carbocycles. The number of primary amides is 1. The number of carbonyl (C=O) groups is 1. The van der Waals surface area contributed by atoms with Gasteiger partial charge in [0.15, 0.2) is 0 Å². The normalized spacial score (nSPS) is 14.9. The molecule has 8 heteroatoms. The second kappa shape index (κ2) is 8.23. The Labute approximate surface area is 174 Å². The average Bonchev–Trinajstić information content (AvgIpc) is 2.73. The fourth-order valence-electron chi connectivity index (χ4n) is 3.92. The summed E-state index contributed by atoms with van der Waals surface area (Å²) in [5.41, 5.74) is 10.7. The molecule has 156 valence electrons. The molecule has 1 fully saturated rings. The third-order valence-corrected chi connectivity index (χ3v) is 5.60. The van der Waals surface area contributed by atoms with Crippen LogP contribution < -0.4 is 16.2 Å². The van der Waals surface area contributed by atoms with Crippen molar-refractivity contribution in [2.45, 2.75) is 26.8 Å². The minimum Gasteiger partial charge on any atom is -0.368 e. The molecular formula is C22H26N6O2. The smallest absolute Gasteiger partial charge is 0.270 e. The van der Waals surface area contributed by atoms with E-state index in [-0.39, 0.29) is 5.56 Å². The van der Waals surface area contributed by atoms with Crippen LogP contribution in [0.2, 0.25) is 0 Å². The highest BCUT2D eigenvalue weighted by Gasteiger charge is 2.19. The number of anilines is 1. The number of fused-ring (bicyclic) bond motifs is 1. The van der Waals surface area contributed by atoms with E-state index in [1.165, 1.54) is 0 Å². The maximum Gasteiger partial charge on any atom is 0.270 e. The Morgan fingerprint density at radius 2 is 1.97 bits per heavy atom. The van der Waals surface area contributed by atoms with Crippen molar-refractivity contribution in [1.29, 1.82) is 0 Å². The fourth-order valence-corrected chi connectivity index (χ4v) is 3.92. The number of H-pyrrole nitrogens is 1. The van der Waals surface area contributed by atoms with Gasteiger partial charge in [0.2, 0.25) is 0 Å². The van der Waals surface area contributed by atoms with E-state index in [1.807, 2.05) is 32.0 Å². The summed E-state index contributed by atoms with van der Waals surface area (Å²) in [6.07, 6.45) is 2.34. The lowest BCUT2D eigenvalue weighted by Crippen LogP contribution is -2.46. The van der Waals surface area contributed by atoms with E-state index in [0.29, 0.717) is 17.8 Å². The zero-order chi connectivity index (χ0) is 21.3. The highest BCUT2D eigenvalue weighted by molar-refractivity contribution is 5.92. The second-order valence-corrected chi connectivity index (χ2v) is 7.70. The summed E-state index contributed by atoms with van der Waals surface area (Å²) in [7, 11) is 0. The predicted molar refractivity (Wildman–Crippen MR) is 117 cm³/mol. The summed E-state index contributed by atoms with van der Waals surface area (Å²) in [5, 5.41) is 0. The van der Waals surface area contributed by atoms with Crippen molar-refractivity contribution in [1.82, 2.24) is 19.9 Å². The maximum absolute atomic E-state index is 12.1. The number of pyridine rings is 1. The van der Waals surface area contributed by atoms with Gasteiger partial charge in [-0.3, -0.25) is 14.5 Å². The van der Waals surface area contributed by atoms with Crippen molar-refractivity contribution < 1.29 is 4.79 Å². The van der Waals surface area contributed by atoms with Crippen molar-refractivity contribution in [3.63, 3.8) is 0 Å². The van der Waals surface area contributed by atoms with E-state index >= 15 is 0 Å². The van der Waals surface area contributed by atoms with Crippen molar-refractivity contribution >= 4 is 22.6 Å². The number of benzene rings is 1. The van der Waals surface area contributed by atoms with Crippen LogP contribution in [0, 0.1) is 6.92 Å². The van der Waals surface area contributed by atoms with E-state index in [0.717, 1.165) is 60.6 Å². The van der Waals surface area contributed by atoms with Crippen LogP contribution in [0.15, 0.2) is 35.3 Å². The Bertz CT molecular complexity index is 1150. The maximum atomic E-state index is 12.1.